The quantitative estimate of drug-likeness (QED) is 0.538. The van der Waals surface area contributed by atoms with E-state index in [1.165, 1.54) is 12.1 Å². The Morgan fingerprint density at radius 3 is 2.44 bits per heavy atom. The van der Waals surface area contributed by atoms with Gasteiger partial charge in [-0.1, -0.05) is 32.9 Å². The van der Waals surface area contributed by atoms with Crippen LogP contribution in [0.4, 0.5) is 17.6 Å². The van der Waals surface area contributed by atoms with E-state index in [-0.39, 0.29) is 22.6 Å². The first-order chi connectivity index (χ1) is 16.7. The van der Waals surface area contributed by atoms with Gasteiger partial charge in [-0.3, -0.25) is 14.8 Å². The molecular formula is C24H30F4N4O4. The van der Waals surface area contributed by atoms with Gasteiger partial charge in [-0.15, -0.1) is 0 Å². The highest BCUT2D eigenvalue weighted by atomic mass is 19.4. The Balaban J connectivity index is 0.000000454. The molecule has 1 fully saturated rings. The zero-order valence-electron chi connectivity index (χ0n) is 20.3. The molecule has 0 saturated carbocycles. The molecule has 1 aromatic carbocycles. The molecule has 2 aliphatic heterocycles. The summed E-state index contributed by atoms with van der Waals surface area (Å²) in [5.74, 6) is -3.13. The van der Waals surface area contributed by atoms with Crippen LogP contribution >= 0.6 is 0 Å². The van der Waals surface area contributed by atoms with Crippen molar-refractivity contribution in [1.29, 1.82) is 0 Å². The van der Waals surface area contributed by atoms with Crippen LogP contribution in [0.3, 0.4) is 0 Å². The normalized spacial score (nSPS) is 20.0. The molecule has 1 aromatic heterocycles. The predicted octanol–water partition coefficient (Wildman–Crippen LogP) is 3.63. The molecule has 0 aliphatic carbocycles. The molecule has 12 heteroatoms. The summed E-state index contributed by atoms with van der Waals surface area (Å²) in [6.45, 7) is 10.4. The molecule has 0 bridgehead atoms. The molecule has 2 aromatic rings. The zero-order chi connectivity index (χ0) is 26.7. The second-order valence-corrected chi connectivity index (χ2v) is 10.3. The lowest BCUT2D eigenvalue weighted by atomic mass is 9.80. The summed E-state index contributed by atoms with van der Waals surface area (Å²) in [4.78, 5) is 23.9. The van der Waals surface area contributed by atoms with Crippen molar-refractivity contribution in [3.8, 4) is 0 Å². The lowest BCUT2D eigenvalue weighted by Gasteiger charge is -2.33. The maximum absolute atomic E-state index is 13.2. The summed E-state index contributed by atoms with van der Waals surface area (Å²) in [5.41, 5.74) is 3.28. The molecule has 1 spiro atoms. The fourth-order valence-electron chi connectivity index (χ4n) is 4.25. The minimum atomic E-state index is -5.08. The number of aliphatic carboxylic acids is 1. The fraction of sp³-hybridized carbons (Fsp3) is 0.542. The molecule has 3 N–H and O–H groups in total. The Morgan fingerprint density at radius 1 is 1.22 bits per heavy atom. The van der Waals surface area contributed by atoms with Gasteiger partial charge >= 0.3 is 12.1 Å². The molecule has 0 radical (unpaired) electrons. The summed E-state index contributed by atoms with van der Waals surface area (Å²) in [6, 6.07) is 6.66. The summed E-state index contributed by atoms with van der Waals surface area (Å²) in [6.07, 6.45) is -4.15. The summed E-state index contributed by atoms with van der Waals surface area (Å²) in [7, 11) is 0. The number of nitrogens with one attached hydrogen (secondary N) is 2. The van der Waals surface area contributed by atoms with Crippen LogP contribution in [-0.4, -0.2) is 64.5 Å². The fourth-order valence-corrected chi connectivity index (χ4v) is 4.25. The molecule has 2 aliphatic rings. The maximum Gasteiger partial charge on any atom is 0.490 e. The van der Waals surface area contributed by atoms with Gasteiger partial charge in [0.05, 0.1) is 18.9 Å². The van der Waals surface area contributed by atoms with Gasteiger partial charge in [0, 0.05) is 30.6 Å². The monoisotopic (exact) mass is 514 g/mol. The van der Waals surface area contributed by atoms with Gasteiger partial charge in [-0.2, -0.15) is 18.3 Å². The lowest BCUT2D eigenvalue weighted by Crippen LogP contribution is -2.40. The molecule has 8 nitrogen and oxygen atoms in total. The van der Waals surface area contributed by atoms with Crippen LogP contribution in [0.1, 0.15) is 54.5 Å². The van der Waals surface area contributed by atoms with Gasteiger partial charge in [-0.05, 0) is 36.1 Å². The number of H-pyrrole nitrogens is 1. The van der Waals surface area contributed by atoms with E-state index in [0.717, 1.165) is 42.9 Å². The van der Waals surface area contributed by atoms with Gasteiger partial charge in [-0.25, -0.2) is 9.18 Å². The van der Waals surface area contributed by atoms with Crippen LogP contribution in [0.2, 0.25) is 0 Å². The van der Waals surface area contributed by atoms with Crippen molar-refractivity contribution >= 4 is 11.9 Å². The topological polar surface area (TPSA) is 108 Å². The number of alkyl halides is 3. The van der Waals surface area contributed by atoms with Crippen LogP contribution in [0.25, 0.3) is 0 Å². The van der Waals surface area contributed by atoms with E-state index in [2.05, 4.69) is 41.2 Å². The van der Waals surface area contributed by atoms with Crippen LogP contribution < -0.4 is 5.32 Å². The maximum atomic E-state index is 13.2. The second kappa shape index (κ2) is 10.6. The average molecular weight is 515 g/mol. The van der Waals surface area contributed by atoms with Crippen LogP contribution in [-0.2, 0) is 28.1 Å². The number of carbonyl (C=O) groups is 2. The number of aromatic amines is 1. The number of aromatic nitrogens is 2. The van der Waals surface area contributed by atoms with Crippen molar-refractivity contribution in [2.24, 2.45) is 5.41 Å². The van der Waals surface area contributed by atoms with Crippen molar-refractivity contribution in [2.45, 2.75) is 51.9 Å². The first-order valence-electron chi connectivity index (χ1n) is 11.4. The first-order valence-corrected chi connectivity index (χ1v) is 11.4. The highest BCUT2D eigenvalue weighted by Gasteiger charge is 2.46. The number of hydrogen-bond acceptors (Lipinski definition) is 5. The van der Waals surface area contributed by atoms with Gasteiger partial charge in [0.15, 0.2) is 5.69 Å². The third-order valence-corrected chi connectivity index (χ3v) is 6.01. The molecule has 1 unspecified atom stereocenters. The SMILES string of the molecule is CC(C)(C)CNC(=O)c1n[nH]c2c1COCC21CCN(Cc2ccc(F)cc2)C1.O=C(O)C(F)(F)F. The Hall–Kier alpha value is -2.99. The van der Waals surface area contributed by atoms with E-state index in [0.29, 0.717) is 25.5 Å². The zero-order valence-corrected chi connectivity index (χ0v) is 20.3. The number of carbonyl (C=O) groups excluding carboxylic acids is 1. The smallest absolute Gasteiger partial charge is 0.475 e. The minimum Gasteiger partial charge on any atom is -0.475 e. The molecule has 3 heterocycles. The Bertz CT molecular complexity index is 1080. The van der Waals surface area contributed by atoms with Crippen molar-refractivity contribution in [3.05, 3.63) is 52.6 Å². The first kappa shape index (κ1) is 27.6. The van der Waals surface area contributed by atoms with Crippen molar-refractivity contribution in [1.82, 2.24) is 20.4 Å². The van der Waals surface area contributed by atoms with Crippen LogP contribution in [0, 0.1) is 11.2 Å². The summed E-state index contributed by atoms with van der Waals surface area (Å²) >= 11 is 0. The molecule has 36 heavy (non-hydrogen) atoms. The van der Waals surface area contributed by atoms with Crippen LogP contribution in [0.15, 0.2) is 24.3 Å². The summed E-state index contributed by atoms with van der Waals surface area (Å²) < 4.78 is 50.8. The third-order valence-electron chi connectivity index (χ3n) is 6.01. The van der Waals surface area contributed by atoms with E-state index >= 15 is 0 Å². The van der Waals surface area contributed by atoms with E-state index in [4.69, 9.17) is 14.6 Å². The number of likely N-dealkylation sites (tertiary alicyclic amines) is 1. The number of nitrogens with zero attached hydrogens (tertiary/aromatic N) is 2. The van der Waals surface area contributed by atoms with Crippen molar-refractivity contribution in [2.75, 3.05) is 26.2 Å². The molecule has 198 valence electrons. The van der Waals surface area contributed by atoms with Gasteiger partial charge in [0.2, 0.25) is 0 Å². The molecular weight excluding hydrogens is 484 g/mol. The van der Waals surface area contributed by atoms with Crippen molar-refractivity contribution in [3.63, 3.8) is 0 Å². The lowest BCUT2D eigenvalue weighted by molar-refractivity contribution is -0.192. The average Bonchev–Trinajstić information content (AvgIpc) is 3.39. The number of rotatable bonds is 4. The minimum absolute atomic E-state index is 0.00998. The summed E-state index contributed by atoms with van der Waals surface area (Å²) in [5, 5.41) is 17.6. The molecule has 1 amide bonds. The van der Waals surface area contributed by atoms with E-state index in [9.17, 15) is 22.4 Å². The number of carboxylic acid groups (broad SMARTS) is 1. The third kappa shape index (κ3) is 6.82. The molecule has 4 rings (SSSR count). The number of carboxylic acids is 1. The molecule has 1 atom stereocenters. The number of halogens is 4. The van der Waals surface area contributed by atoms with Gasteiger partial charge in [0.1, 0.15) is 5.82 Å². The Labute approximate surface area is 206 Å². The number of benzene rings is 1. The standard InChI is InChI=1S/C22H29FN4O2.C2HF3O2/c1-21(2,3)12-24-20(28)18-17-11-29-14-22(19(17)26-25-18)8-9-27(13-22)10-15-4-6-16(23)7-5-15;3-2(4,5)1(6)7/h4-7H,8-14H2,1-3H3,(H,24,28)(H,25,26);(H,6,7). The van der Waals surface area contributed by atoms with E-state index in [1.807, 2.05) is 12.1 Å². The van der Waals surface area contributed by atoms with Gasteiger partial charge in [0.25, 0.3) is 5.91 Å². The predicted molar refractivity (Wildman–Crippen MR) is 122 cm³/mol. The Morgan fingerprint density at radius 2 is 1.86 bits per heavy atom. The highest BCUT2D eigenvalue weighted by Crippen LogP contribution is 2.40. The largest absolute Gasteiger partial charge is 0.490 e. The van der Waals surface area contributed by atoms with Crippen molar-refractivity contribution < 1.29 is 37.0 Å². The number of hydrogen-bond donors (Lipinski definition) is 3. The number of fused-ring (bicyclic) bond motifs is 2. The highest BCUT2D eigenvalue weighted by molar-refractivity contribution is 5.94. The van der Waals surface area contributed by atoms with E-state index < -0.39 is 12.1 Å². The second-order valence-electron chi connectivity index (χ2n) is 10.3. The van der Waals surface area contributed by atoms with E-state index in [1.54, 1.807) is 0 Å². The Kier molecular flexibility index (Phi) is 8.09. The van der Waals surface area contributed by atoms with Crippen LogP contribution in [0.5, 0.6) is 0 Å². The van der Waals surface area contributed by atoms with Gasteiger partial charge < -0.3 is 15.2 Å². The number of ether oxygens (including phenoxy) is 1. The number of amides is 1. The molecule has 1 saturated heterocycles.